The van der Waals surface area contributed by atoms with Crippen LogP contribution in [0.1, 0.15) is 45.4 Å². The molecule has 1 saturated heterocycles. The van der Waals surface area contributed by atoms with Crippen LogP contribution in [0.25, 0.3) is 0 Å². The molecule has 0 aromatic rings. The number of esters is 1. The van der Waals surface area contributed by atoms with Crippen LogP contribution in [-0.4, -0.2) is 56.5 Å². The fourth-order valence-electron chi connectivity index (χ4n) is 3.63. The average Bonchev–Trinajstić information content (AvgIpc) is 2.47. The highest BCUT2D eigenvalue weighted by atomic mass is 32.2. The molecule has 5 nitrogen and oxygen atoms in total. The van der Waals surface area contributed by atoms with Gasteiger partial charge in [0.2, 0.25) is 0 Å². The Kier molecular flexibility index (Phi) is 5.66. The van der Waals surface area contributed by atoms with E-state index in [0.29, 0.717) is 19.1 Å². The standard InChI is InChI=1S/C15H27NO4S/c1-3-20-15(17)12-6-5-9-16(11-12)13-7-4-8-14(10-13)21(2,18)19/h12-14H,3-11H2,1-2H3. The molecule has 0 radical (unpaired) electrons. The van der Waals surface area contributed by atoms with Crippen molar-refractivity contribution in [3.63, 3.8) is 0 Å². The van der Waals surface area contributed by atoms with Gasteiger partial charge in [-0.1, -0.05) is 6.42 Å². The van der Waals surface area contributed by atoms with Crippen LogP contribution in [0.3, 0.4) is 0 Å². The molecule has 2 fully saturated rings. The Morgan fingerprint density at radius 1 is 1.24 bits per heavy atom. The minimum Gasteiger partial charge on any atom is -0.466 e. The Hall–Kier alpha value is -0.620. The molecule has 0 spiro atoms. The Morgan fingerprint density at radius 2 is 2.00 bits per heavy atom. The smallest absolute Gasteiger partial charge is 0.310 e. The van der Waals surface area contributed by atoms with Crippen molar-refractivity contribution in [2.24, 2.45) is 5.92 Å². The van der Waals surface area contributed by atoms with Gasteiger partial charge >= 0.3 is 5.97 Å². The van der Waals surface area contributed by atoms with Gasteiger partial charge in [-0.2, -0.15) is 0 Å². The summed E-state index contributed by atoms with van der Waals surface area (Å²) in [6, 6.07) is 0.302. The quantitative estimate of drug-likeness (QED) is 0.737. The molecule has 1 saturated carbocycles. The zero-order valence-corrected chi connectivity index (χ0v) is 13.9. The molecular formula is C15H27NO4S. The first kappa shape index (κ1) is 16.7. The monoisotopic (exact) mass is 317 g/mol. The van der Waals surface area contributed by atoms with Crippen molar-refractivity contribution >= 4 is 15.8 Å². The van der Waals surface area contributed by atoms with Gasteiger partial charge in [0.1, 0.15) is 9.84 Å². The normalized spacial score (nSPS) is 31.8. The van der Waals surface area contributed by atoms with Crippen molar-refractivity contribution in [1.29, 1.82) is 0 Å². The average molecular weight is 317 g/mol. The van der Waals surface area contributed by atoms with E-state index in [2.05, 4.69) is 4.90 Å². The van der Waals surface area contributed by atoms with Crippen LogP contribution in [0.2, 0.25) is 0 Å². The Labute approximate surface area is 127 Å². The number of hydrogen-bond acceptors (Lipinski definition) is 5. The maximum atomic E-state index is 11.9. The van der Waals surface area contributed by atoms with Crippen molar-refractivity contribution < 1.29 is 17.9 Å². The number of ether oxygens (including phenoxy) is 1. The summed E-state index contributed by atoms with van der Waals surface area (Å²) >= 11 is 0. The number of hydrogen-bond donors (Lipinski definition) is 0. The van der Waals surface area contributed by atoms with Crippen LogP contribution in [0.5, 0.6) is 0 Å². The van der Waals surface area contributed by atoms with Gasteiger partial charge in [0.05, 0.1) is 17.8 Å². The first-order valence-corrected chi connectivity index (χ1v) is 9.96. The van der Waals surface area contributed by atoms with E-state index >= 15 is 0 Å². The number of piperidine rings is 1. The molecule has 2 aliphatic rings. The number of likely N-dealkylation sites (tertiary alicyclic amines) is 1. The summed E-state index contributed by atoms with van der Waals surface area (Å²) in [6.07, 6.45) is 6.72. The number of rotatable bonds is 4. The maximum absolute atomic E-state index is 11.9. The molecule has 0 amide bonds. The largest absolute Gasteiger partial charge is 0.466 e. The first-order valence-electron chi connectivity index (χ1n) is 8.01. The molecule has 1 aliphatic carbocycles. The van der Waals surface area contributed by atoms with Crippen LogP contribution in [-0.2, 0) is 19.4 Å². The zero-order valence-electron chi connectivity index (χ0n) is 13.1. The van der Waals surface area contributed by atoms with Crippen molar-refractivity contribution in [1.82, 2.24) is 4.90 Å². The molecule has 122 valence electrons. The van der Waals surface area contributed by atoms with E-state index in [-0.39, 0.29) is 17.1 Å². The van der Waals surface area contributed by atoms with Gasteiger partial charge in [-0.25, -0.2) is 8.42 Å². The second-order valence-electron chi connectivity index (χ2n) is 6.36. The Bertz CT molecular complexity index is 462. The van der Waals surface area contributed by atoms with Gasteiger partial charge < -0.3 is 4.74 Å². The molecule has 0 bridgehead atoms. The van der Waals surface area contributed by atoms with Crippen molar-refractivity contribution in [3.05, 3.63) is 0 Å². The first-order chi connectivity index (χ1) is 9.91. The highest BCUT2D eigenvalue weighted by Crippen LogP contribution is 2.30. The number of carbonyl (C=O) groups is 1. The second kappa shape index (κ2) is 7.09. The fraction of sp³-hybridized carbons (Fsp3) is 0.933. The molecule has 1 aliphatic heterocycles. The predicted molar refractivity (Wildman–Crippen MR) is 81.8 cm³/mol. The number of carbonyl (C=O) groups excluding carboxylic acids is 1. The van der Waals surface area contributed by atoms with E-state index in [9.17, 15) is 13.2 Å². The van der Waals surface area contributed by atoms with E-state index in [1.54, 1.807) is 0 Å². The third kappa shape index (κ3) is 4.42. The molecule has 3 unspecified atom stereocenters. The van der Waals surface area contributed by atoms with Gasteiger partial charge in [-0.05, 0) is 45.6 Å². The lowest BCUT2D eigenvalue weighted by Gasteiger charge is -2.40. The van der Waals surface area contributed by atoms with Crippen molar-refractivity contribution in [3.8, 4) is 0 Å². The molecule has 2 rings (SSSR count). The summed E-state index contributed by atoms with van der Waals surface area (Å²) in [5.74, 6) is -0.144. The van der Waals surface area contributed by atoms with Gasteiger partial charge in [-0.15, -0.1) is 0 Å². The molecule has 0 aromatic carbocycles. The van der Waals surface area contributed by atoms with Gasteiger partial charge in [0, 0.05) is 18.8 Å². The van der Waals surface area contributed by atoms with Crippen LogP contribution < -0.4 is 0 Å². The zero-order chi connectivity index (χ0) is 15.5. The van der Waals surface area contributed by atoms with Gasteiger partial charge in [0.15, 0.2) is 0 Å². The minimum absolute atomic E-state index is 0.0442. The summed E-state index contributed by atoms with van der Waals surface area (Å²) < 4.78 is 28.7. The molecule has 0 N–H and O–H groups in total. The van der Waals surface area contributed by atoms with E-state index in [1.807, 2.05) is 6.92 Å². The van der Waals surface area contributed by atoms with E-state index < -0.39 is 9.84 Å². The molecule has 1 heterocycles. The highest BCUT2D eigenvalue weighted by Gasteiger charge is 2.35. The van der Waals surface area contributed by atoms with Gasteiger partial charge in [-0.3, -0.25) is 9.69 Å². The number of nitrogens with zero attached hydrogens (tertiary/aromatic N) is 1. The van der Waals surface area contributed by atoms with E-state index in [1.165, 1.54) is 6.26 Å². The lowest BCUT2D eigenvalue weighted by atomic mass is 9.90. The van der Waals surface area contributed by atoms with Gasteiger partial charge in [0.25, 0.3) is 0 Å². The van der Waals surface area contributed by atoms with E-state index in [0.717, 1.165) is 45.2 Å². The van der Waals surface area contributed by atoms with Crippen LogP contribution in [0, 0.1) is 5.92 Å². The third-order valence-electron chi connectivity index (χ3n) is 4.79. The second-order valence-corrected chi connectivity index (χ2v) is 8.68. The van der Waals surface area contributed by atoms with Crippen LogP contribution in [0.4, 0.5) is 0 Å². The third-order valence-corrected chi connectivity index (χ3v) is 6.43. The van der Waals surface area contributed by atoms with E-state index in [4.69, 9.17) is 4.74 Å². The summed E-state index contributed by atoms with van der Waals surface area (Å²) in [6.45, 7) is 3.95. The lowest BCUT2D eigenvalue weighted by Crippen LogP contribution is -2.48. The molecule has 21 heavy (non-hydrogen) atoms. The summed E-state index contributed by atoms with van der Waals surface area (Å²) in [5.41, 5.74) is 0. The lowest BCUT2D eigenvalue weighted by molar-refractivity contribution is -0.150. The molecule has 6 heteroatoms. The summed E-state index contributed by atoms with van der Waals surface area (Å²) in [4.78, 5) is 14.2. The fourth-order valence-corrected chi connectivity index (χ4v) is 4.80. The molecule has 0 aromatic heterocycles. The molecular weight excluding hydrogens is 290 g/mol. The molecule has 3 atom stereocenters. The summed E-state index contributed by atoms with van der Waals surface area (Å²) in [7, 11) is -2.95. The Balaban J connectivity index is 1.96. The van der Waals surface area contributed by atoms with Crippen LogP contribution in [0.15, 0.2) is 0 Å². The minimum atomic E-state index is -2.95. The van der Waals surface area contributed by atoms with Crippen LogP contribution >= 0.6 is 0 Å². The predicted octanol–water partition coefficient (Wildman–Crippen LogP) is 1.62. The topological polar surface area (TPSA) is 63.7 Å². The van der Waals surface area contributed by atoms with Crippen molar-refractivity contribution in [2.75, 3.05) is 26.0 Å². The maximum Gasteiger partial charge on any atom is 0.310 e. The summed E-state index contributed by atoms with van der Waals surface area (Å²) in [5, 5.41) is -0.209. The Morgan fingerprint density at radius 3 is 2.67 bits per heavy atom. The van der Waals surface area contributed by atoms with Crippen molar-refractivity contribution in [2.45, 2.75) is 56.7 Å². The highest BCUT2D eigenvalue weighted by molar-refractivity contribution is 7.91. The number of sulfone groups is 1. The SMILES string of the molecule is CCOC(=O)C1CCCN(C2CCCC(S(C)(=O)=O)C2)C1.